The van der Waals surface area contributed by atoms with Crippen molar-refractivity contribution in [3.8, 4) is 5.75 Å². The van der Waals surface area contributed by atoms with Gasteiger partial charge in [0.1, 0.15) is 5.75 Å². The van der Waals surface area contributed by atoms with E-state index >= 15 is 0 Å². The molecule has 0 radical (unpaired) electrons. The van der Waals surface area contributed by atoms with E-state index in [-0.39, 0.29) is 11.4 Å². The molecule has 1 aliphatic rings. The van der Waals surface area contributed by atoms with Gasteiger partial charge >= 0.3 is 6.03 Å². The van der Waals surface area contributed by atoms with Crippen LogP contribution in [0.3, 0.4) is 0 Å². The molecule has 6 heteroatoms. The van der Waals surface area contributed by atoms with Crippen molar-refractivity contribution in [2.45, 2.75) is 18.3 Å². The van der Waals surface area contributed by atoms with Crippen LogP contribution in [-0.4, -0.2) is 32.9 Å². The Kier molecular flexibility index (Phi) is 5.37. The lowest BCUT2D eigenvalue weighted by molar-refractivity contribution is 0.0521. The first kappa shape index (κ1) is 16.8. The summed E-state index contributed by atoms with van der Waals surface area (Å²) in [6.45, 7) is 2.05. The maximum Gasteiger partial charge on any atom is 0.319 e. The normalized spacial score (nSPS) is 16.4. The Morgan fingerprint density at radius 3 is 2.75 bits per heavy atom. The fourth-order valence-electron chi connectivity index (χ4n) is 3.02. The van der Waals surface area contributed by atoms with Crippen LogP contribution in [0, 0.1) is 0 Å². The van der Waals surface area contributed by atoms with Crippen molar-refractivity contribution >= 4 is 23.1 Å². The van der Waals surface area contributed by atoms with Crippen LogP contribution in [0.1, 0.15) is 17.7 Å². The number of anilines is 1. The van der Waals surface area contributed by atoms with E-state index in [9.17, 15) is 4.79 Å². The van der Waals surface area contributed by atoms with Gasteiger partial charge in [-0.15, -0.1) is 11.3 Å². The molecule has 128 valence electrons. The van der Waals surface area contributed by atoms with E-state index in [0.29, 0.717) is 18.0 Å². The number of ether oxygens (including phenoxy) is 2. The number of amides is 2. The molecule has 2 N–H and O–H groups in total. The minimum absolute atomic E-state index is 0.0372. The molecule has 1 fully saturated rings. The fraction of sp³-hybridized carbons (Fsp3) is 0.389. The molecule has 3 rings (SSSR count). The third-order valence-corrected chi connectivity index (χ3v) is 5.55. The molecule has 0 unspecified atom stereocenters. The molecule has 2 amide bonds. The zero-order chi connectivity index (χ0) is 16.8. The zero-order valence-corrected chi connectivity index (χ0v) is 14.5. The fourth-order valence-corrected chi connectivity index (χ4v) is 4.00. The number of benzene rings is 1. The van der Waals surface area contributed by atoms with Gasteiger partial charge in [-0.3, -0.25) is 0 Å². The number of carbonyl (C=O) groups is 1. The van der Waals surface area contributed by atoms with E-state index in [2.05, 4.69) is 28.1 Å². The molecule has 0 spiro atoms. The van der Waals surface area contributed by atoms with Crippen LogP contribution in [-0.2, 0) is 10.2 Å². The van der Waals surface area contributed by atoms with E-state index < -0.39 is 0 Å². The van der Waals surface area contributed by atoms with Crippen molar-refractivity contribution in [2.24, 2.45) is 0 Å². The van der Waals surface area contributed by atoms with Crippen molar-refractivity contribution in [2.75, 3.05) is 32.2 Å². The predicted molar refractivity (Wildman–Crippen MR) is 96.1 cm³/mol. The number of hydrogen-bond acceptors (Lipinski definition) is 4. The van der Waals surface area contributed by atoms with Crippen LogP contribution in [0.2, 0.25) is 0 Å². The molecule has 1 aromatic carbocycles. The average molecular weight is 346 g/mol. The highest BCUT2D eigenvalue weighted by molar-refractivity contribution is 7.10. The van der Waals surface area contributed by atoms with Crippen LogP contribution in [0.25, 0.3) is 0 Å². The molecular formula is C18H22N2O3S. The highest BCUT2D eigenvalue weighted by Gasteiger charge is 2.35. The third kappa shape index (κ3) is 3.71. The van der Waals surface area contributed by atoms with Crippen molar-refractivity contribution < 1.29 is 14.3 Å². The van der Waals surface area contributed by atoms with Gasteiger partial charge in [-0.1, -0.05) is 18.2 Å². The first-order valence-electron chi connectivity index (χ1n) is 8.03. The number of para-hydroxylation sites is 2. The van der Waals surface area contributed by atoms with Gasteiger partial charge < -0.3 is 20.1 Å². The van der Waals surface area contributed by atoms with Gasteiger partial charge in [0.05, 0.1) is 12.8 Å². The van der Waals surface area contributed by atoms with E-state index in [4.69, 9.17) is 9.47 Å². The molecule has 2 aromatic rings. The maximum absolute atomic E-state index is 12.3. The predicted octanol–water partition coefficient (Wildman–Crippen LogP) is 3.63. The second-order valence-corrected chi connectivity index (χ2v) is 6.83. The lowest BCUT2D eigenvalue weighted by Gasteiger charge is -2.36. The summed E-state index contributed by atoms with van der Waals surface area (Å²) in [5.41, 5.74) is 0.625. The van der Waals surface area contributed by atoms with E-state index in [1.807, 2.05) is 24.3 Å². The van der Waals surface area contributed by atoms with Crippen molar-refractivity contribution in [3.05, 3.63) is 46.7 Å². The van der Waals surface area contributed by atoms with Crippen LogP contribution >= 0.6 is 11.3 Å². The SMILES string of the molecule is COc1ccccc1NC(=O)NCC1(c2cccs2)CCOCC1. The van der Waals surface area contributed by atoms with Crippen molar-refractivity contribution in [1.29, 1.82) is 0 Å². The lowest BCUT2D eigenvalue weighted by Crippen LogP contribution is -2.45. The van der Waals surface area contributed by atoms with Gasteiger partial charge in [0.2, 0.25) is 0 Å². The molecule has 1 aromatic heterocycles. The standard InChI is InChI=1S/C18H22N2O3S/c1-22-15-6-3-2-5-14(15)20-17(21)19-13-18(8-10-23-11-9-18)16-7-4-12-24-16/h2-7,12H,8-11,13H2,1H3,(H2,19,20,21). The van der Waals surface area contributed by atoms with Crippen molar-refractivity contribution in [3.63, 3.8) is 0 Å². The smallest absolute Gasteiger partial charge is 0.319 e. The molecule has 24 heavy (non-hydrogen) atoms. The van der Waals surface area contributed by atoms with Gasteiger partial charge in [0.15, 0.2) is 0 Å². The quantitative estimate of drug-likeness (QED) is 0.869. The Morgan fingerprint density at radius 2 is 2.04 bits per heavy atom. The third-order valence-electron chi connectivity index (χ3n) is 4.44. The number of hydrogen-bond donors (Lipinski definition) is 2. The number of methoxy groups -OCH3 is 1. The first-order valence-corrected chi connectivity index (χ1v) is 8.91. The molecule has 0 atom stereocenters. The molecular weight excluding hydrogens is 324 g/mol. The van der Waals surface area contributed by atoms with Crippen LogP contribution in [0.4, 0.5) is 10.5 Å². The highest BCUT2D eigenvalue weighted by Crippen LogP contribution is 2.37. The molecule has 0 bridgehead atoms. The maximum atomic E-state index is 12.3. The van der Waals surface area contributed by atoms with Gasteiger partial charge in [-0.25, -0.2) is 4.79 Å². The summed E-state index contributed by atoms with van der Waals surface area (Å²) >= 11 is 1.74. The minimum Gasteiger partial charge on any atom is -0.495 e. The Labute approximate surface area is 146 Å². The monoisotopic (exact) mass is 346 g/mol. The topological polar surface area (TPSA) is 59.6 Å². The summed E-state index contributed by atoms with van der Waals surface area (Å²) in [4.78, 5) is 13.6. The molecule has 1 saturated heterocycles. The minimum atomic E-state index is -0.220. The van der Waals surface area contributed by atoms with Crippen molar-refractivity contribution in [1.82, 2.24) is 5.32 Å². The molecule has 1 aliphatic heterocycles. The lowest BCUT2D eigenvalue weighted by atomic mass is 9.78. The van der Waals surface area contributed by atoms with Gasteiger partial charge in [0, 0.05) is 30.1 Å². The number of rotatable bonds is 5. The summed E-state index contributed by atoms with van der Waals surface area (Å²) in [7, 11) is 1.59. The Balaban J connectivity index is 1.65. The van der Waals surface area contributed by atoms with E-state index in [1.165, 1.54) is 4.88 Å². The molecule has 0 aliphatic carbocycles. The zero-order valence-electron chi connectivity index (χ0n) is 13.7. The summed E-state index contributed by atoms with van der Waals surface area (Å²) in [6.07, 6.45) is 1.84. The molecule has 5 nitrogen and oxygen atoms in total. The molecule has 0 saturated carbocycles. The van der Waals surface area contributed by atoms with E-state index in [1.54, 1.807) is 18.4 Å². The van der Waals surface area contributed by atoms with Gasteiger partial charge in [0.25, 0.3) is 0 Å². The summed E-state index contributed by atoms with van der Waals surface area (Å²) in [5.74, 6) is 0.645. The summed E-state index contributed by atoms with van der Waals surface area (Å²) < 4.78 is 10.8. The Bertz CT molecular complexity index is 667. The second kappa shape index (κ2) is 7.68. The van der Waals surface area contributed by atoms with Gasteiger partial charge in [-0.05, 0) is 36.4 Å². The number of urea groups is 1. The number of nitrogens with one attached hydrogen (secondary N) is 2. The second-order valence-electron chi connectivity index (χ2n) is 5.88. The van der Waals surface area contributed by atoms with E-state index in [0.717, 1.165) is 26.1 Å². The number of thiophene rings is 1. The average Bonchev–Trinajstić information content (AvgIpc) is 3.17. The highest BCUT2D eigenvalue weighted by atomic mass is 32.1. The number of carbonyl (C=O) groups excluding carboxylic acids is 1. The van der Waals surface area contributed by atoms with Crippen LogP contribution in [0.15, 0.2) is 41.8 Å². The largest absolute Gasteiger partial charge is 0.495 e. The first-order chi connectivity index (χ1) is 11.7. The van der Waals surface area contributed by atoms with Gasteiger partial charge in [-0.2, -0.15) is 0 Å². The van der Waals surface area contributed by atoms with Crippen LogP contribution in [0.5, 0.6) is 5.75 Å². The Hall–Kier alpha value is -2.05. The summed E-state index contributed by atoms with van der Waals surface area (Å²) in [5, 5.41) is 7.97. The molecule has 2 heterocycles. The summed E-state index contributed by atoms with van der Waals surface area (Å²) in [6, 6.07) is 11.4. The van der Waals surface area contributed by atoms with Crippen LogP contribution < -0.4 is 15.4 Å². The Morgan fingerprint density at radius 1 is 1.25 bits per heavy atom.